The third-order valence-electron chi connectivity index (χ3n) is 12.0. The lowest BCUT2D eigenvalue weighted by atomic mass is 9.99. The number of aliphatic hydroxyl groups is 2. The number of carbonyl (C=O) groups is 2. The number of ether oxygens (including phenoxy) is 4. The number of thiophene rings is 2. The predicted molar refractivity (Wildman–Crippen MR) is 277 cm³/mol. The molecule has 10 nitrogen and oxygen atoms in total. The average molecular weight is 1050 g/mol. The molecule has 8 aromatic rings. The Labute approximate surface area is 422 Å². The van der Waals surface area contributed by atoms with E-state index in [4.69, 9.17) is 28.9 Å². The molecule has 4 aromatic carbocycles. The Morgan fingerprint density at radius 1 is 0.600 bits per heavy atom. The van der Waals surface area contributed by atoms with Gasteiger partial charge in [0, 0.05) is 50.7 Å². The van der Waals surface area contributed by atoms with E-state index >= 15 is 0 Å². The van der Waals surface area contributed by atoms with Gasteiger partial charge in [-0.05, 0) is 132 Å². The van der Waals surface area contributed by atoms with Gasteiger partial charge in [0.15, 0.2) is 34.6 Å². The van der Waals surface area contributed by atoms with Crippen LogP contribution in [-0.2, 0) is 12.8 Å². The summed E-state index contributed by atoms with van der Waals surface area (Å²) >= 11 is 6.30. The molecule has 0 radical (unpaired) electrons. The van der Waals surface area contributed by atoms with Crippen molar-refractivity contribution in [3.63, 3.8) is 0 Å². The molecule has 0 bridgehead atoms. The fourth-order valence-corrected chi connectivity index (χ4v) is 11.1. The summed E-state index contributed by atoms with van der Waals surface area (Å²) in [6, 6.07) is 27.8. The summed E-state index contributed by atoms with van der Waals surface area (Å²) in [4.78, 5) is 36.0. The Balaban J connectivity index is 0.000000206. The molecule has 4 heterocycles. The Hall–Kier alpha value is -6.10. The second kappa shape index (κ2) is 23.2. The fourth-order valence-electron chi connectivity index (χ4n) is 8.18. The summed E-state index contributed by atoms with van der Waals surface area (Å²) in [5.74, 6) is 1.31. The number of halogens is 3. The topological polar surface area (TPSA) is 137 Å². The SMILES string of the molecule is CCc1cc(-c2c(Br)sc3c(F)cccc23)nc(C(O)CCC(=O)c2ccc(OC)c(OC)c2)c1.CCc1cc(-c2c(C)sc3c(F)cccc23)nc(C(O)CCC(=O)c2ccc(OC)c(OC)c2)c1. The minimum absolute atomic E-state index is 0.105. The van der Waals surface area contributed by atoms with Crippen molar-refractivity contribution in [2.24, 2.45) is 0 Å². The quantitative estimate of drug-likeness (QED) is 0.0799. The van der Waals surface area contributed by atoms with Crippen LogP contribution in [0.2, 0.25) is 0 Å². The van der Waals surface area contributed by atoms with Crippen LogP contribution in [0.3, 0.4) is 0 Å². The van der Waals surface area contributed by atoms with Gasteiger partial charge in [-0.2, -0.15) is 0 Å². The van der Waals surface area contributed by atoms with Crippen LogP contribution in [0.5, 0.6) is 23.0 Å². The standard InChI is InChI=1S/C28H28FNO4S.C27H25BrFNO4S/c1-5-17-13-21(24(32)11-10-23(31)18-9-12-25(33-3)26(15-18)34-4)30-22(14-17)27-16(2)35-28-19(27)7-6-8-20(28)29;1-4-15-12-19(22(32)10-9-21(31)16-8-11-23(33-2)24(14-16)34-3)30-20(13-15)25-17-6-5-7-18(29)26(17)35-27(25)28/h6-9,12-15,24,32H,5,10-11H2,1-4H3;5-8,11-14,22,32H,4,9-10H2,1-3H3. The van der Waals surface area contributed by atoms with Crippen molar-refractivity contribution in [2.75, 3.05) is 28.4 Å². The largest absolute Gasteiger partial charge is 0.493 e. The number of hydrogen-bond donors (Lipinski definition) is 2. The minimum atomic E-state index is -0.926. The van der Waals surface area contributed by atoms with Crippen LogP contribution in [0.15, 0.2) is 101 Å². The van der Waals surface area contributed by atoms with Gasteiger partial charge in [0.2, 0.25) is 0 Å². The fraction of sp³-hybridized carbons (Fsp3) is 0.273. The van der Waals surface area contributed by atoms with Crippen molar-refractivity contribution < 1.29 is 47.5 Å². The number of aryl methyl sites for hydroxylation is 3. The number of methoxy groups -OCH3 is 4. The maximum atomic E-state index is 14.4. The van der Waals surface area contributed by atoms with Gasteiger partial charge in [-0.25, -0.2) is 18.7 Å². The molecule has 364 valence electrons. The van der Waals surface area contributed by atoms with E-state index in [-0.39, 0.29) is 48.9 Å². The van der Waals surface area contributed by atoms with Crippen molar-refractivity contribution >= 4 is 70.3 Å². The van der Waals surface area contributed by atoms with E-state index in [2.05, 4.69) is 15.9 Å². The van der Waals surface area contributed by atoms with Gasteiger partial charge < -0.3 is 29.2 Å². The maximum Gasteiger partial charge on any atom is 0.163 e. The van der Waals surface area contributed by atoms with E-state index in [1.54, 1.807) is 48.5 Å². The Morgan fingerprint density at radius 3 is 1.47 bits per heavy atom. The van der Waals surface area contributed by atoms with Crippen LogP contribution in [0.1, 0.15) is 99.8 Å². The Kier molecular flexibility index (Phi) is 17.2. The first-order valence-electron chi connectivity index (χ1n) is 22.6. The van der Waals surface area contributed by atoms with Gasteiger partial charge >= 0.3 is 0 Å². The normalized spacial score (nSPS) is 12.1. The third-order valence-corrected chi connectivity index (χ3v) is 15.0. The number of fused-ring (bicyclic) bond motifs is 2. The molecule has 0 saturated carbocycles. The van der Waals surface area contributed by atoms with E-state index in [1.807, 2.05) is 57.2 Å². The molecule has 0 saturated heterocycles. The number of carbonyl (C=O) groups excluding carboxylic acids is 2. The number of aromatic nitrogens is 2. The van der Waals surface area contributed by atoms with Gasteiger partial charge in [0.05, 0.1) is 76.6 Å². The maximum absolute atomic E-state index is 14.4. The van der Waals surface area contributed by atoms with Gasteiger partial charge in [-0.1, -0.05) is 38.1 Å². The molecule has 2 unspecified atom stereocenters. The van der Waals surface area contributed by atoms with Gasteiger partial charge in [0.25, 0.3) is 0 Å². The smallest absolute Gasteiger partial charge is 0.163 e. The lowest BCUT2D eigenvalue weighted by Crippen LogP contribution is -2.07. The molecule has 2 atom stereocenters. The molecule has 2 N–H and O–H groups in total. The summed E-state index contributed by atoms with van der Waals surface area (Å²) in [6.45, 7) is 6.02. The van der Waals surface area contributed by atoms with Crippen LogP contribution in [0, 0.1) is 18.6 Å². The first kappa shape index (κ1) is 51.7. The molecule has 0 fully saturated rings. The Bertz CT molecular complexity index is 2980. The minimum Gasteiger partial charge on any atom is -0.493 e. The number of nitrogens with zero attached hydrogens (tertiary/aromatic N) is 2. The number of pyridine rings is 2. The molecule has 15 heteroatoms. The molecule has 8 rings (SSSR count). The van der Waals surface area contributed by atoms with E-state index in [1.165, 1.54) is 63.2 Å². The zero-order chi connectivity index (χ0) is 50.2. The van der Waals surface area contributed by atoms with Crippen LogP contribution in [-0.4, -0.2) is 60.2 Å². The molecule has 0 amide bonds. The van der Waals surface area contributed by atoms with Gasteiger partial charge in [-0.3, -0.25) is 9.59 Å². The second-order valence-electron chi connectivity index (χ2n) is 16.4. The van der Waals surface area contributed by atoms with E-state index < -0.39 is 12.2 Å². The molecule has 0 spiro atoms. The van der Waals surface area contributed by atoms with E-state index in [0.717, 1.165) is 54.5 Å². The zero-order valence-corrected chi connectivity index (χ0v) is 43.0. The van der Waals surface area contributed by atoms with Crippen LogP contribution >= 0.6 is 38.6 Å². The first-order chi connectivity index (χ1) is 33.7. The zero-order valence-electron chi connectivity index (χ0n) is 39.8. The molecule has 0 aliphatic rings. The molecule has 0 aliphatic carbocycles. The van der Waals surface area contributed by atoms with Crippen molar-refractivity contribution in [3.8, 4) is 45.5 Å². The van der Waals surface area contributed by atoms with Crippen molar-refractivity contribution in [1.82, 2.24) is 9.97 Å². The summed E-state index contributed by atoms with van der Waals surface area (Å²) in [5, 5.41) is 23.5. The number of rotatable bonds is 18. The number of hydrogen-bond acceptors (Lipinski definition) is 12. The van der Waals surface area contributed by atoms with Crippen LogP contribution in [0.4, 0.5) is 8.78 Å². The van der Waals surface area contributed by atoms with E-state index in [9.17, 15) is 28.6 Å². The summed E-state index contributed by atoms with van der Waals surface area (Å²) in [5.41, 5.74) is 7.05. The lowest BCUT2D eigenvalue weighted by molar-refractivity contribution is 0.0932. The van der Waals surface area contributed by atoms with Crippen molar-refractivity contribution in [2.45, 2.75) is 71.5 Å². The number of benzene rings is 4. The highest BCUT2D eigenvalue weighted by molar-refractivity contribution is 9.11. The highest BCUT2D eigenvalue weighted by atomic mass is 79.9. The first-order valence-corrected chi connectivity index (χ1v) is 25.1. The molecular weight excluding hydrogens is 999 g/mol. The van der Waals surface area contributed by atoms with Crippen LogP contribution < -0.4 is 18.9 Å². The molecular formula is C55H53BrF2N2O8S2. The predicted octanol–water partition coefficient (Wildman–Crippen LogP) is 13.8. The van der Waals surface area contributed by atoms with Crippen molar-refractivity contribution in [1.29, 1.82) is 0 Å². The molecule has 70 heavy (non-hydrogen) atoms. The van der Waals surface area contributed by atoms with E-state index in [0.29, 0.717) is 66.3 Å². The number of ketones is 2. The average Bonchev–Trinajstić information content (AvgIpc) is 3.92. The number of aliphatic hydroxyl groups excluding tert-OH is 2. The molecule has 0 aliphatic heterocycles. The Morgan fingerprint density at radius 2 is 1.03 bits per heavy atom. The summed E-state index contributed by atoms with van der Waals surface area (Å²) in [7, 11) is 6.11. The van der Waals surface area contributed by atoms with Crippen molar-refractivity contribution in [3.05, 3.63) is 151 Å². The highest BCUT2D eigenvalue weighted by Crippen LogP contribution is 2.44. The van der Waals surface area contributed by atoms with Crippen LogP contribution in [0.25, 0.3) is 42.7 Å². The number of Topliss-reactive ketones (excluding diaryl/α,β-unsaturated/α-hetero) is 2. The molecule has 4 aromatic heterocycles. The third kappa shape index (κ3) is 11.4. The summed E-state index contributed by atoms with van der Waals surface area (Å²) in [6.07, 6.45) is 0.396. The monoisotopic (exact) mass is 1050 g/mol. The van der Waals surface area contributed by atoms with Gasteiger partial charge in [0.1, 0.15) is 11.6 Å². The lowest BCUT2D eigenvalue weighted by Gasteiger charge is -2.14. The highest BCUT2D eigenvalue weighted by Gasteiger charge is 2.22. The summed E-state index contributed by atoms with van der Waals surface area (Å²) < 4.78 is 51.7. The second-order valence-corrected chi connectivity index (χ2v) is 20.0. The van der Waals surface area contributed by atoms with Gasteiger partial charge in [-0.15, -0.1) is 22.7 Å².